The molecule has 0 aliphatic carbocycles. The number of carbonyl (C=O) groups is 2. The molecule has 1 aliphatic heterocycles. The van der Waals surface area contributed by atoms with Gasteiger partial charge in [0, 0.05) is 10.1 Å². The second kappa shape index (κ2) is 5.09. The van der Waals surface area contributed by atoms with Gasteiger partial charge in [-0.3, -0.25) is 9.69 Å². The van der Waals surface area contributed by atoms with Crippen LogP contribution in [0.4, 0.5) is 14.9 Å². The molecule has 1 atom stereocenters. The number of nitrogens with one attached hydrogen (secondary N) is 1. The van der Waals surface area contributed by atoms with Crippen LogP contribution in [0.1, 0.15) is 6.42 Å². The maximum atomic E-state index is 13.8. The molecule has 1 fully saturated rings. The topological polar surface area (TPSA) is 69.6 Å². The third-order valence-electron chi connectivity index (χ3n) is 2.71. The number of carboxylic acid groups (broad SMARTS) is 1. The zero-order valence-corrected chi connectivity index (χ0v) is 11.3. The van der Waals surface area contributed by atoms with Crippen molar-refractivity contribution in [1.82, 2.24) is 5.32 Å². The van der Waals surface area contributed by atoms with E-state index in [0.717, 1.165) is 4.90 Å². The largest absolute Gasteiger partial charge is 0.465 e. The molecule has 1 aromatic rings. The summed E-state index contributed by atoms with van der Waals surface area (Å²) in [6.07, 6.45) is -0.992. The molecule has 96 valence electrons. The van der Waals surface area contributed by atoms with Crippen molar-refractivity contribution in [3.8, 4) is 0 Å². The van der Waals surface area contributed by atoms with Crippen LogP contribution >= 0.6 is 22.6 Å². The minimum absolute atomic E-state index is 0.0926. The second-order valence-corrected chi connectivity index (χ2v) is 5.09. The summed E-state index contributed by atoms with van der Waals surface area (Å²) in [5.74, 6) is -1.04. The number of anilines is 1. The molecule has 1 unspecified atom stereocenters. The Hall–Kier alpha value is -1.38. The molecule has 0 saturated carbocycles. The Labute approximate surface area is 116 Å². The van der Waals surface area contributed by atoms with Crippen molar-refractivity contribution in [2.45, 2.75) is 12.5 Å². The van der Waals surface area contributed by atoms with E-state index in [4.69, 9.17) is 0 Å². The predicted octanol–water partition coefficient (Wildman–Crippen LogP) is 1.80. The molecule has 1 saturated heterocycles. The Morgan fingerprint density at radius 3 is 2.78 bits per heavy atom. The average Bonchev–Trinajstić information content (AvgIpc) is 2.68. The van der Waals surface area contributed by atoms with E-state index in [1.807, 2.05) is 22.6 Å². The summed E-state index contributed by atoms with van der Waals surface area (Å²) >= 11 is 1.93. The molecule has 2 rings (SSSR count). The average molecular weight is 364 g/mol. The highest BCUT2D eigenvalue weighted by Crippen LogP contribution is 2.25. The van der Waals surface area contributed by atoms with Gasteiger partial charge in [-0.25, -0.2) is 9.18 Å². The van der Waals surface area contributed by atoms with Crippen molar-refractivity contribution >= 4 is 40.3 Å². The number of carbonyl (C=O) groups excluding carboxylic acids is 1. The zero-order chi connectivity index (χ0) is 13.3. The van der Waals surface area contributed by atoms with E-state index in [0.29, 0.717) is 16.5 Å². The molecule has 2 N–H and O–H groups in total. The normalized spacial score (nSPS) is 18.6. The summed E-state index contributed by atoms with van der Waals surface area (Å²) in [5, 5.41) is 11.7. The summed E-state index contributed by atoms with van der Waals surface area (Å²) in [4.78, 5) is 23.6. The quantitative estimate of drug-likeness (QED) is 0.787. The first kappa shape index (κ1) is 13.1. The Bertz CT molecular complexity index is 509. The number of hydrogen-bond donors (Lipinski definition) is 2. The molecule has 1 aliphatic rings. The van der Waals surface area contributed by atoms with Gasteiger partial charge in [0.05, 0.1) is 5.69 Å². The van der Waals surface area contributed by atoms with Crippen molar-refractivity contribution in [3.63, 3.8) is 0 Å². The Morgan fingerprint density at radius 1 is 1.56 bits per heavy atom. The van der Waals surface area contributed by atoms with Crippen LogP contribution in [0.5, 0.6) is 0 Å². The summed E-state index contributed by atoms with van der Waals surface area (Å²) in [6, 6.07) is 3.34. The Morgan fingerprint density at radius 2 is 2.28 bits per heavy atom. The van der Waals surface area contributed by atoms with Gasteiger partial charge in [0.1, 0.15) is 11.9 Å². The van der Waals surface area contributed by atoms with E-state index in [1.54, 1.807) is 6.07 Å². The van der Waals surface area contributed by atoms with Crippen LogP contribution in [0.25, 0.3) is 0 Å². The van der Waals surface area contributed by atoms with E-state index in [-0.39, 0.29) is 5.69 Å². The van der Waals surface area contributed by atoms with Gasteiger partial charge in [-0.1, -0.05) is 0 Å². The lowest BCUT2D eigenvalue weighted by Crippen LogP contribution is -2.44. The minimum atomic E-state index is -1.34. The van der Waals surface area contributed by atoms with E-state index < -0.39 is 23.9 Å². The fraction of sp³-hybridized carbons (Fsp3) is 0.273. The number of rotatable bonds is 2. The van der Waals surface area contributed by atoms with Gasteiger partial charge in [-0.05, 0) is 47.2 Å². The maximum Gasteiger partial charge on any atom is 0.412 e. The van der Waals surface area contributed by atoms with Gasteiger partial charge in [-0.2, -0.15) is 0 Å². The second-order valence-electron chi connectivity index (χ2n) is 3.84. The molecular formula is C11H10FIN2O3. The van der Waals surface area contributed by atoms with Gasteiger partial charge in [0.2, 0.25) is 5.91 Å². The van der Waals surface area contributed by atoms with Gasteiger partial charge in [0.15, 0.2) is 0 Å². The molecule has 7 heteroatoms. The first-order chi connectivity index (χ1) is 8.50. The number of amides is 2. The number of nitrogens with zero attached hydrogens (tertiary/aromatic N) is 1. The molecule has 18 heavy (non-hydrogen) atoms. The molecule has 0 radical (unpaired) electrons. The van der Waals surface area contributed by atoms with E-state index in [9.17, 15) is 19.1 Å². The molecule has 2 amide bonds. The Kier molecular flexibility index (Phi) is 3.69. The van der Waals surface area contributed by atoms with Crippen molar-refractivity contribution in [2.24, 2.45) is 0 Å². The van der Waals surface area contributed by atoms with Crippen LogP contribution in [-0.4, -0.2) is 29.7 Å². The van der Waals surface area contributed by atoms with Crippen LogP contribution in [0.15, 0.2) is 18.2 Å². The molecule has 1 aromatic carbocycles. The van der Waals surface area contributed by atoms with E-state index >= 15 is 0 Å². The number of benzene rings is 1. The standard InChI is InChI=1S/C11H10FIN2O3/c12-7-5-6(13)1-2-8(7)15(11(17)18)9-3-4-14-10(9)16/h1-2,5,9H,3-4H2,(H,14,16)(H,17,18). The third-order valence-corrected chi connectivity index (χ3v) is 3.38. The summed E-state index contributed by atoms with van der Waals surface area (Å²) < 4.78 is 14.5. The lowest BCUT2D eigenvalue weighted by atomic mass is 10.2. The number of halogens is 2. The molecule has 0 spiro atoms. The highest BCUT2D eigenvalue weighted by atomic mass is 127. The molecular weight excluding hydrogens is 354 g/mol. The lowest BCUT2D eigenvalue weighted by molar-refractivity contribution is -0.120. The minimum Gasteiger partial charge on any atom is -0.465 e. The van der Waals surface area contributed by atoms with Gasteiger partial charge in [-0.15, -0.1) is 0 Å². The van der Waals surface area contributed by atoms with Gasteiger partial charge < -0.3 is 10.4 Å². The van der Waals surface area contributed by atoms with Crippen LogP contribution in [-0.2, 0) is 4.79 Å². The van der Waals surface area contributed by atoms with Crippen LogP contribution in [0.2, 0.25) is 0 Å². The van der Waals surface area contributed by atoms with Crippen molar-refractivity contribution < 1.29 is 19.1 Å². The summed E-state index contributed by atoms with van der Waals surface area (Å²) in [5.41, 5.74) is -0.0926. The monoisotopic (exact) mass is 364 g/mol. The molecule has 0 aromatic heterocycles. The fourth-order valence-corrected chi connectivity index (χ4v) is 2.36. The predicted molar refractivity (Wildman–Crippen MR) is 71.0 cm³/mol. The summed E-state index contributed by atoms with van der Waals surface area (Å²) in [7, 11) is 0. The van der Waals surface area contributed by atoms with Crippen molar-refractivity contribution in [2.75, 3.05) is 11.4 Å². The summed E-state index contributed by atoms with van der Waals surface area (Å²) in [6.45, 7) is 0.402. The van der Waals surface area contributed by atoms with Gasteiger partial charge in [0.25, 0.3) is 0 Å². The van der Waals surface area contributed by atoms with Crippen LogP contribution < -0.4 is 10.2 Å². The highest BCUT2D eigenvalue weighted by molar-refractivity contribution is 14.1. The van der Waals surface area contributed by atoms with Crippen molar-refractivity contribution in [1.29, 1.82) is 0 Å². The van der Waals surface area contributed by atoms with Crippen molar-refractivity contribution in [3.05, 3.63) is 27.6 Å². The van der Waals surface area contributed by atoms with Gasteiger partial charge >= 0.3 is 6.09 Å². The lowest BCUT2D eigenvalue weighted by Gasteiger charge is -2.24. The van der Waals surface area contributed by atoms with E-state index in [2.05, 4.69) is 5.32 Å². The SMILES string of the molecule is O=C1NCCC1N(C(=O)O)c1ccc(I)cc1F. The smallest absolute Gasteiger partial charge is 0.412 e. The fourth-order valence-electron chi connectivity index (χ4n) is 1.91. The molecule has 5 nitrogen and oxygen atoms in total. The van der Waals surface area contributed by atoms with Crippen LogP contribution in [0.3, 0.4) is 0 Å². The Balaban J connectivity index is 2.41. The van der Waals surface area contributed by atoms with Crippen LogP contribution in [0, 0.1) is 9.39 Å². The first-order valence-electron chi connectivity index (χ1n) is 5.25. The molecule has 0 bridgehead atoms. The number of hydrogen-bond acceptors (Lipinski definition) is 2. The maximum absolute atomic E-state index is 13.8. The third kappa shape index (κ3) is 2.40. The first-order valence-corrected chi connectivity index (χ1v) is 6.33. The highest BCUT2D eigenvalue weighted by Gasteiger charge is 2.35. The molecule has 1 heterocycles. The zero-order valence-electron chi connectivity index (χ0n) is 9.19. The van der Waals surface area contributed by atoms with E-state index in [1.165, 1.54) is 12.1 Å².